The van der Waals surface area contributed by atoms with Gasteiger partial charge in [-0.25, -0.2) is 0 Å². The van der Waals surface area contributed by atoms with Gasteiger partial charge in [0.15, 0.2) is 0 Å². The molecule has 20 heavy (non-hydrogen) atoms. The van der Waals surface area contributed by atoms with Crippen molar-refractivity contribution in [3.05, 3.63) is 48.5 Å². The van der Waals surface area contributed by atoms with Crippen LogP contribution < -0.4 is 0 Å². The van der Waals surface area contributed by atoms with Crippen LogP contribution in [0.25, 0.3) is 32.8 Å². The molecule has 0 saturated carbocycles. The molecule has 0 aliphatic carbocycles. The molecule has 0 amide bonds. The van der Waals surface area contributed by atoms with Gasteiger partial charge in [0.1, 0.15) is 0 Å². The van der Waals surface area contributed by atoms with Crippen LogP contribution in [0.1, 0.15) is 12.6 Å². The van der Waals surface area contributed by atoms with Crippen molar-refractivity contribution in [3.63, 3.8) is 0 Å². The van der Waals surface area contributed by atoms with Crippen molar-refractivity contribution in [2.24, 2.45) is 0 Å². The molecule has 0 atom stereocenters. The summed E-state index contributed by atoms with van der Waals surface area (Å²) < 4.78 is 0. The van der Waals surface area contributed by atoms with Gasteiger partial charge in [-0.3, -0.25) is 19.9 Å². The van der Waals surface area contributed by atoms with Gasteiger partial charge in [0, 0.05) is 35.1 Å². The van der Waals surface area contributed by atoms with Crippen LogP contribution >= 0.6 is 0 Å². The molecule has 3 aromatic heterocycles. The van der Waals surface area contributed by atoms with E-state index in [4.69, 9.17) is 4.98 Å². The third kappa shape index (κ3) is 1.48. The van der Waals surface area contributed by atoms with E-state index in [1.54, 1.807) is 18.6 Å². The van der Waals surface area contributed by atoms with E-state index < -0.39 is 0 Å². The maximum absolute atomic E-state index is 4.74. The van der Waals surface area contributed by atoms with Crippen molar-refractivity contribution in [3.8, 4) is 0 Å². The Morgan fingerprint density at radius 3 is 2.15 bits per heavy atom. The van der Waals surface area contributed by atoms with E-state index >= 15 is 0 Å². The maximum Gasteiger partial charge on any atom is 0.0991 e. The molecule has 96 valence electrons. The fourth-order valence-corrected chi connectivity index (χ4v) is 2.59. The fraction of sp³-hybridized carbons (Fsp3) is 0.125. The average Bonchev–Trinajstić information content (AvgIpc) is 2.54. The van der Waals surface area contributed by atoms with Crippen LogP contribution in [-0.4, -0.2) is 19.9 Å². The molecule has 3 heterocycles. The maximum atomic E-state index is 4.74. The third-order valence-electron chi connectivity index (χ3n) is 3.56. The van der Waals surface area contributed by atoms with Crippen LogP contribution in [0.2, 0.25) is 0 Å². The predicted molar refractivity (Wildman–Crippen MR) is 79.5 cm³/mol. The van der Waals surface area contributed by atoms with Crippen molar-refractivity contribution in [1.82, 2.24) is 19.9 Å². The summed E-state index contributed by atoms with van der Waals surface area (Å²) in [5.74, 6) is 0. The summed E-state index contributed by atoms with van der Waals surface area (Å²) in [7, 11) is 0. The van der Waals surface area contributed by atoms with Crippen molar-refractivity contribution < 1.29 is 0 Å². The summed E-state index contributed by atoms with van der Waals surface area (Å²) in [4.78, 5) is 18.2. The van der Waals surface area contributed by atoms with Crippen LogP contribution in [0.15, 0.2) is 42.9 Å². The SMILES string of the molecule is CCc1ccc2c3nccnc3c3cccnc3c2n1. The minimum atomic E-state index is 0.883. The van der Waals surface area contributed by atoms with Crippen LogP contribution in [0.3, 0.4) is 0 Å². The lowest BCUT2D eigenvalue weighted by Crippen LogP contribution is -1.94. The summed E-state index contributed by atoms with van der Waals surface area (Å²) in [6, 6.07) is 8.07. The number of aromatic nitrogens is 4. The van der Waals surface area contributed by atoms with E-state index in [1.807, 2.05) is 18.2 Å². The van der Waals surface area contributed by atoms with E-state index in [0.717, 1.165) is 45.0 Å². The highest BCUT2D eigenvalue weighted by atomic mass is 14.8. The van der Waals surface area contributed by atoms with Crippen LogP contribution in [-0.2, 0) is 6.42 Å². The highest BCUT2D eigenvalue weighted by Crippen LogP contribution is 2.30. The molecule has 0 fully saturated rings. The number of nitrogens with zero attached hydrogens (tertiary/aromatic N) is 4. The van der Waals surface area contributed by atoms with E-state index in [2.05, 4.69) is 27.9 Å². The Labute approximate surface area is 115 Å². The zero-order valence-electron chi connectivity index (χ0n) is 11.0. The summed E-state index contributed by atoms with van der Waals surface area (Å²) >= 11 is 0. The van der Waals surface area contributed by atoms with Crippen LogP contribution in [0.5, 0.6) is 0 Å². The first-order valence-electron chi connectivity index (χ1n) is 6.65. The number of benzene rings is 1. The first kappa shape index (κ1) is 11.2. The molecule has 4 aromatic rings. The number of hydrogen-bond donors (Lipinski definition) is 0. The first-order chi connectivity index (χ1) is 9.88. The molecule has 0 N–H and O–H groups in total. The van der Waals surface area contributed by atoms with Gasteiger partial charge in [0.2, 0.25) is 0 Å². The molecular weight excluding hydrogens is 248 g/mol. The lowest BCUT2D eigenvalue weighted by Gasteiger charge is -2.08. The van der Waals surface area contributed by atoms with Gasteiger partial charge in [-0.1, -0.05) is 6.92 Å². The summed E-state index contributed by atoms with van der Waals surface area (Å²) in [6.45, 7) is 2.10. The van der Waals surface area contributed by atoms with Gasteiger partial charge in [-0.05, 0) is 30.7 Å². The predicted octanol–water partition coefficient (Wildman–Crippen LogP) is 3.29. The second-order valence-corrected chi connectivity index (χ2v) is 4.71. The Morgan fingerprint density at radius 2 is 1.40 bits per heavy atom. The minimum Gasteiger partial charge on any atom is -0.254 e. The molecule has 0 saturated heterocycles. The van der Waals surface area contributed by atoms with Crippen LogP contribution in [0.4, 0.5) is 0 Å². The summed E-state index contributed by atoms with van der Waals surface area (Å²) in [6.07, 6.45) is 6.14. The molecule has 0 spiro atoms. The van der Waals surface area contributed by atoms with Crippen molar-refractivity contribution >= 4 is 32.8 Å². The zero-order chi connectivity index (χ0) is 13.5. The first-order valence-corrected chi connectivity index (χ1v) is 6.65. The van der Waals surface area contributed by atoms with Crippen LogP contribution in [0, 0.1) is 0 Å². The monoisotopic (exact) mass is 260 g/mol. The second kappa shape index (κ2) is 4.20. The Morgan fingerprint density at radius 1 is 0.750 bits per heavy atom. The highest BCUT2D eigenvalue weighted by Gasteiger charge is 2.12. The lowest BCUT2D eigenvalue weighted by atomic mass is 10.1. The highest BCUT2D eigenvalue weighted by molar-refractivity contribution is 6.20. The molecule has 0 unspecified atom stereocenters. The van der Waals surface area contributed by atoms with Gasteiger partial charge >= 0.3 is 0 Å². The minimum absolute atomic E-state index is 0.883. The van der Waals surface area contributed by atoms with Crippen molar-refractivity contribution in [1.29, 1.82) is 0 Å². The largest absolute Gasteiger partial charge is 0.254 e. The molecule has 0 aliphatic rings. The fourth-order valence-electron chi connectivity index (χ4n) is 2.59. The molecule has 1 aromatic carbocycles. The molecule has 4 nitrogen and oxygen atoms in total. The third-order valence-corrected chi connectivity index (χ3v) is 3.56. The van der Waals surface area contributed by atoms with Crippen molar-refractivity contribution in [2.75, 3.05) is 0 Å². The molecule has 4 rings (SSSR count). The topological polar surface area (TPSA) is 51.6 Å². The number of aryl methyl sites for hydroxylation is 1. The van der Waals surface area contributed by atoms with Crippen molar-refractivity contribution in [2.45, 2.75) is 13.3 Å². The lowest BCUT2D eigenvalue weighted by molar-refractivity contribution is 1.06. The quantitative estimate of drug-likeness (QED) is 0.493. The Bertz CT molecular complexity index is 911. The summed E-state index contributed by atoms with van der Waals surface area (Å²) in [5.41, 5.74) is 4.64. The zero-order valence-corrected chi connectivity index (χ0v) is 11.0. The van der Waals surface area contributed by atoms with Gasteiger partial charge in [-0.15, -0.1) is 0 Å². The van der Waals surface area contributed by atoms with Gasteiger partial charge in [0.25, 0.3) is 0 Å². The van der Waals surface area contributed by atoms with E-state index in [9.17, 15) is 0 Å². The van der Waals surface area contributed by atoms with E-state index in [-0.39, 0.29) is 0 Å². The van der Waals surface area contributed by atoms with Gasteiger partial charge < -0.3 is 0 Å². The standard InChI is InChI=1S/C16H12N4/c1-2-10-5-6-12-14-13(18-8-9-19-14)11-4-3-7-17-15(11)16(12)20-10/h3-9H,2H2,1H3. The molecule has 0 bridgehead atoms. The molecule has 0 radical (unpaired) electrons. The van der Waals surface area contributed by atoms with E-state index in [0.29, 0.717) is 0 Å². The number of pyridine rings is 2. The molecular formula is C16H12N4. The normalized spacial score (nSPS) is 11.4. The van der Waals surface area contributed by atoms with Gasteiger partial charge in [0.05, 0.1) is 22.1 Å². The van der Waals surface area contributed by atoms with E-state index in [1.165, 1.54) is 0 Å². The second-order valence-electron chi connectivity index (χ2n) is 4.71. The smallest absolute Gasteiger partial charge is 0.0991 e. The number of rotatable bonds is 1. The molecule has 0 aliphatic heterocycles. The summed E-state index contributed by atoms with van der Waals surface area (Å²) in [5, 5.41) is 2.01. The molecule has 4 heteroatoms. The Hall–Kier alpha value is -2.62. The van der Waals surface area contributed by atoms with Gasteiger partial charge in [-0.2, -0.15) is 0 Å². The Balaban J connectivity index is 2.35. The average molecular weight is 260 g/mol. The Kier molecular flexibility index (Phi) is 2.36. The number of hydrogen-bond acceptors (Lipinski definition) is 4. The number of fused-ring (bicyclic) bond motifs is 6.